The third kappa shape index (κ3) is 11.8. The number of carbonyl (C=O) groups is 3. The van der Waals surface area contributed by atoms with Crippen molar-refractivity contribution in [3.63, 3.8) is 0 Å². The Morgan fingerprint density at radius 3 is 1.89 bits per heavy atom. The summed E-state index contributed by atoms with van der Waals surface area (Å²) in [4.78, 5) is 40.7. The molecule has 0 aromatic rings. The van der Waals surface area contributed by atoms with Crippen molar-refractivity contribution in [2.45, 2.75) is 222 Å². The summed E-state index contributed by atoms with van der Waals surface area (Å²) in [6.07, 6.45) is 20.8. The van der Waals surface area contributed by atoms with E-state index < -0.39 is 11.2 Å². The van der Waals surface area contributed by atoms with Crippen LogP contribution in [-0.2, 0) is 14.2 Å². The molecule has 6 aliphatic carbocycles. The molecule has 5 fully saturated rings. The molecule has 9 heteroatoms. The molecular weight excluding hydrogens is 763 g/mol. The van der Waals surface area contributed by atoms with E-state index in [1.165, 1.54) is 51.4 Å². The largest absolute Gasteiger partial charge is 0.446 e. The van der Waals surface area contributed by atoms with Crippen LogP contribution in [0, 0.1) is 64.1 Å². The fourth-order valence-corrected chi connectivity index (χ4v) is 13.7. The standard InChI is InChI=1S/C52H89N3O6/c1-13-37(33(2)3)15-14-34(4)43-18-19-44-42-17-16-38-32-41(20-24-51(38,11)45(42)21-25-52(43,44)12)59-48(58)55(26-22-35-28-39(29-35)53-46(56)60-49(5,6)7)27-23-36-30-40(31-36)54-47(57)61-50(8,9)10/h16,33-37,39-45H,13-15,17-32H2,1-12H3,(H,53,56)(H,54,57)/t34?,35?,36?,37?,39?,40?,41-,42-,43+,44-,45-,51-,52+/m0/s1. The first kappa shape index (κ1) is 48.0. The molecule has 9 nitrogen and oxygen atoms in total. The predicted molar refractivity (Wildman–Crippen MR) is 245 cm³/mol. The van der Waals surface area contributed by atoms with Gasteiger partial charge in [-0.25, -0.2) is 14.4 Å². The number of rotatable bonds is 15. The lowest BCUT2D eigenvalue weighted by atomic mass is 9.47. The number of allylic oxidation sites excluding steroid dienone is 1. The Bertz CT molecular complexity index is 1490. The zero-order valence-electron chi connectivity index (χ0n) is 40.8. The first-order valence-electron chi connectivity index (χ1n) is 25.2. The number of amides is 3. The Hall–Kier alpha value is -2.45. The summed E-state index contributed by atoms with van der Waals surface area (Å²) in [6.45, 7) is 27.7. The van der Waals surface area contributed by atoms with Gasteiger partial charge in [-0.05, 0) is 196 Å². The Labute approximate surface area is 371 Å². The quantitative estimate of drug-likeness (QED) is 0.126. The van der Waals surface area contributed by atoms with Crippen LogP contribution >= 0.6 is 0 Å². The summed E-state index contributed by atoms with van der Waals surface area (Å²) in [5.41, 5.74) is 1.21. The first-order chi connectivity index (χ1) is 28.6. The second kappa shape index (κ2) is 19.3. The number of fused-ring (bicyclic) bond motifs is 5. The summed E-state index contributed by atoms with van der Waals surface area (Å²) in [5, 5.41) is 6.03. The van der Waals surface area contributed by atoms with E-state index in [0.717, 1.165) is 99.2 Å². The van der Waals surface area contributed by atoms with Crippen molar-refractivity contribution in [2.24, 2.45) is 64.1 Å². The molecule has 5 saturated carbocycles. The third-order valence-corrected chi connectivity index (χ3v) is 17.3. The molecule has 6 aliphatic rings. The second-order valence-electron chi connectivity index (χ2n) is 24.1. The molecule has 6 rings (SSSR count). The van der Waals surface area contributed by atoms with E-state index in [-0.39, 0.29) is 41.9 Å². The number of nitrogens with one attached hydrogen (secondary N) is 2. The SMILES string of the molecule is CCC(CCC(C)[C@H]1CC[C@H]2[C@@H]3CC=C4C[C@@H](OC(=O)N(CCC5CC(NC(=O)OC(C)(C)C)C5)CCC5CC(NC(=O)OC(C)(C)C)C5)CC[C@]4(C)[C@H]3CC[C@]12C)C(C)C. The van der Waals surface area contributed by atoms with Gasteiger partial charge in [0.25, 0.3) is 0 Å². The third-order valence-electron chi connectivity index (χ3n) is 17.3. The van der Waals surface area contributed by atoms with E-state index >= 15 is 0 Å². The van der Waals surface area contributed by atoms with Crippen LogP contribution in [0.3, 0.4) is 0 Å². The fraction of sp³-hybridized carbons (Fsp3) is 0.904. The summed E-state index contributed by atoms with van der Waals surface area (Å²) >= 11 is 0. The Morgan fingerprint density at radius 2 is 1.36 bits per heavy atom. The van der Waals surface area contributed by atoms with Gasteiger partial charge in [0.2, 0.25) is 0 Å². The second-order valence-corrected chi connectivity index (χ2v) is 24.1. The number of hydrogen-bond donors (Lipinski definition) is 2. The minimum atomic E-state index is -0.519. The lowest BCUT2D eigenvalue weighted by Crippen LogP contribution is -2.51. The summed E-state index contributed by atoms with van der Waals surface area (Å²) in [7, 11) is 0. The highest BCUT2D eigenvalue weighted by molar-refractivity contribution is 5.69. The van der Waals surface area contributed by atoms with Gasteiger partial charge in [-0.3, -0.25) is 0 Å². The molecule has 0 saturated heterocycles. The molecule has 0 aromatic heterocycles. The minimum Gasteiger partial charge on any atom is -0.446 e. The number of nitrogens with zero attached hydrogens (tertiary/aromatic N) is 1. The van der Waals surface area contributed by atoms with Crippen molar-refractivity contribution >= 4 is 18.3 Å². The highest BCUT2D eigenvalue weighted by Gasteiger charge is 2.59. The molecule has 61 heavy (non-hydrogen) atoms. The maximum atomic E-state index is 14.1. The average Bonchev–Trinajstić information content (AvgIpc) is 3.48. The van der Waals surface area contributed by atoms with Crippen LogP contribution in [0.15, 0.2) is 11.6 Å². The van der Waals surface area contributed by atoms with Crippen LogP contribution < -0.4 is 10.6 Å². The van der Waals surface area contributed by atoms with Crippen LogP contribution in [0.4, 0.5) is 14.4 Å². The summed E-state index contributed by atoms with van der Waals surface area (Å²) < 4.78 is 17.4. The van der Waals surface area contributed by atoms with E-state index in [1.54, 1.807) is 5.57 Å². The Morgan fingerprint density at radius 1 is 0.787 bits per heavy atom. The zero-order chi connectivity index (χ0) is 44.5. The molecule has 3 amide bonds. The molecule has 0 aliphatic heterocycles. The van der Waals surface area contributed by atoms with Crippen LogP contribution in [0.1, 0.15) is 192 Å². The van der Waals surface area contributed by atoms with Gasteiger partial charge in [0.05, 0.1) is 0 Å². The van der Waals surface area contributed by atoms with E-state index in [1.807, 2.05) is 46.4 Å². The number of ether oxygens (including phenoxy) is 3. The molecule has 9 atom stereocenters. The van der Waals surface area contributed by atoms with Gasteiger partial charge in [0, 0.05) is 31.6 Å². The van der Waals surface area contributed by atoms with E-state index in [0.29, 0.717) is 30.3 Å². The van der Waals surface area contributed by atoms with Gasteiger partial charge < -0.3 is 29.7 Å². The normalized spacial score (nSPS) is 35.5. The van der Waals surface area contributed by atoms with E-state index in [9.17, 15) is 14.4 Å². The van der Waals surface area contributed by atoms with E-state index in [4.69, 9.17) is 14.2 Å². The van der Waals surface area contributed by atoms with Gasteiger partial charge in [-0.15, -0.1) is 0 Å². The van der Waals surface area contributed by atoms with Crippen LogP contribution in [-0.4, -0.2) is 65.7 Å². The molecule has 0 heterocycles. The first-order valence-corrected chi connectivity index (χ1v) is 25.2. The van der Waals surface area contributed by atoms with Crippen LogP contribution in [0.5, 0.6) is 0 Å². The van der Waals surface area contributed by atoms with Crippen molar-refractivity contribution in [1.82, 2.24) is 15.5 Å². The van der Waals surface area contributed by atoms with Crippen LogP contribution in [0.2, 0.25) is 0 Å². The Kier molecular flexibility index (Phi) is 15.2. The van der Waals surface area contributed by atoms with Gasteiger partial charge >= 0.3 is 18.3 Å². The highest BCUT2D eigenvalue weighted by Crippen LogP contribution is 2.67. The number of alkyl carbamates (subject to hydrolysis) is 2. The fourth-order valence-electron chi connectivity index (χ4n) is 13.7. The molecule has 2 unspecified atom stereocenters. The predicted octanol–water partition coefficient (Wildman–Crippen LogP) is 12.9. The number of carbonyl (C=O) groups excluding carboxylic acids is 3. The molecule has 2 N–H and O–H groups in total. The maximum Gasteiger partial charge on any atom is 0.410 e. The topological polar surface area (TPSA) is 106 Å². The zero-order valence-corrected chi connectivity index (χ0v) is 40.8. The lowest BCUT2D eigenvalue weighted by molar-refractivity contribution is -0.0597. The number of hydrogen-bond acceptors (Lipinski definition) is 6. The maximum absolute atomic E-state index is 14.1. The molecule has 0 radical (unpaired) electrons. The molecule has 0 bridgehead atoms. The van der Waals surface area contributed by atoms with Crippen molar-refractivity contribution in [1.29, 1.82) is 0 Å². The summed E-state index contributed by atoms with van der Waals surface area (Å²) in [6, 6.07) is 0.240. The smallest absolute Gasteiger partial charge is 0.410 e. The van der Waals surface area contributed by atoms with Gasteiger partial charge in [0.15, 0.2) is 0 Å². The summed E-state index contributed by atoms with van der Waals surface area (Å²) in [5.74, 6) is 6.58. The molecule has 0 spiro atoms. The lowest BCUT2D eigenvalue weighted by Gasteiger charge is -2.58. The van der Waals surface area contributed by atoms with Crippen molar-refractivity contribution < 1.29 is 28.6 Å². The molecule has 348 valence electrons. The van der Waals surface area contributed by atoms with Crippen LogP contribution in [0.25, 0.3) is 0 Å². The van der Waals surface area contributed by atoms with Crippen molar-refractivity contribution in [3.8, 4) is 0 Å². The van der Waals surface area contributed by atoms with Gasteiger partial charge in [-0.2, -0.15) is 0 Å². The van der Waals surface area contributed by atoms with Crippen molar-refractivity contribution in [3.05, 3.63) is 11.6 Å². The van der Waals surface area contributed by atoms with Gasteiger partial charge in [0.1, 0.15) is 17.3 Å². The van der Waals surface area contributed by atoms with Crippen molar-refractivity contribution in [2.75, 3.05) is 13.1 Å². The molecule has 0 aromatic carbocycles. The monoisotopic (exact) mass is 852 g/mol. The average molecular weight is 852 g/mol. The van der Waals surface area contributed by atoms with E-state index in [2.05, 4.69) is 58.3 Å². The van der Waals surface area contributed by atoms with Gasteiger partial charge in [-0.1, -0.05) is 66.0 Å². The Balaban J connectivity index is 1.02. The molecular formula is C52H89N3O6. The highest BCUT2D eigenvalue weighted by atomic mass is 16.6. The minimum absolute atomic E-state index is 0.0774.